The number of amides is 1. The number of carbonyl (C=O) groups is 1. The van der Waals surface area contributed by atoms with Crippen molar-refractivity contribution in [1.82, 2.24) is 20.5 Å². The van der Waals surface area contributed by atoms with Crippen LogP contribution in [0.15, 0.2) is 60.4 Å². The van der Waals surface area contributed by atoms with E-state index < -0.39 is 0 Å². The highest BCUT2D eigenvalue weighted by molar-refractivity contribution is 6.29. The van der Waals surface area contributed by atoms with E-state index in [1.807, 2.05) is 35.8 Å². The summed E-state index contributed by atoms with van der Waals surface area (Å²) < 4.78 is 1.66. The van der Waals surface area contributed by atoms with Gasteiger partial charge < -0.3 is 0 Å². The van der Waals surface area contributed by atoms with Gasteiger partial charge in [-0.25, -0.2) is 10.1 Å². The molecule has 0 spiro atoms. The minimum absolute atomic E-state index is 0.0664. The van der Waals surface area contributed by atoms with Crippen LogP contribution in [0.3, 0.4) is 0 Å². The molecular weight excluding hydrogens is 436 g/mol. The van der Waals surface area contributed by atoms with Gasteiger partial charge in [0, 0.05) is 24.6 Å². The summed E-state index contributed by atoms with van der Waals surface area (Å²) in [6, 6.07) is 13.4. The van der Waals surface area contributed by atoms with Crippen LogP contribution in [-0.4, -0.2) is 15.7 Å². The molecule has 176 valence electrons. The Labute approximate surface area is 200 Å². The maximum Gasteiger partial charge on any atom is 0.229 e. The molecule has 1 aliphatic heterocycles. The smallest absolute Gasteiger partial charge is 0.229 e. The van der Waals surface area contributed by atoms with Gasteiger partial charge in [0.25, 0.3) is 0 Å². The first kappa shape index (κ1) is 24.7. The van der Waals surface area contributed by atoms with Gasteiger partial charge in [0.05, 0.1) is 5.70 Å². The number of hydrogen-bond donors (Lipinski definition) is 4. The lowest BCUT2D eigenvalue weighted by Crippen LogP contribution is -2.93. The van der Waals surface area contributed by atoms with E-state index in [1.54, 1.807) is 16.8 Å². The van der Waals surface area contributed by atoms with Crippen LogP contribution in [0.2, 0.25) is 5.15 Å². The van der Waals surface area contributed by atoms with Gasteiger partial charge in [0.2, 0.25) is 11.7 Å². The maximum atomic E-state index is 12.2. The predicted octanol–water partition coefficient (Wildman–Crippen LogP) is 3.61. The first-order chi connectivity index (χ1) is 16.1. The van der Waals surface area contributed by atoms with Gasteiger partial charge in [0.15, 0.2) is 0 Å². The highest BCUT2D eigenvalue weighted by Gasteiger charge is 2.13. The molecule has 5 N–H and O–H groups in total. The van der Waals surface area contributed by atoms with Gasteiger partial charge in [-0.3, -0.25) is 15.5 Å². The number of unbranched alkanes of at least 4 members (excludes halogenated alkanes) is 7. The maximum absolute atomic E-state index is 12.2. The number of nitrogens with zero attached hydrogens (tertiary/aromatic N) is 2. The SMILES string of the molecule is N=c1ccc(Cl)nn1CCCCCCCCCCC(=O)NC1=CC=C(c2ccccc2)N[NH2+]1. The van der Waals surface area contributed by atoms with Crippen molar-refractivity contribution in [3.63, 3.8) is 0 Å². The van der Waals surface area contributed by atoms with Crippen LogP contribution >= 0.6 is 11.6 Å². The van der Waals surface area contributed by atoms with E-state index in [0.29, 0.717) is 17.1 Å². The molecule has 0 unspecified atom stereocenters. The summed E-state index contributed by atoms with van der Waals surface area (Å²) in [6.45, 7) is 0.737. The number of aromatic nitrogens is 2. The summed E-state index contributed by atoms with van der Waals surface area (Å²) in [4.78, 5) is 12.2. The number of allylic oxidation sites excluding steroid dienone is 2. The zero-order chi connectivity index (χ0) is 23.3. The average Bonchev–Trinajstić information content (AvgIpc) is 2.83. The van der Waals surface area contributed by atoms with Crippen LogP contribution in [0.5, 0.6) is 0 Å². The molecule has 3 rings (SSSR count). The summed E-state index contributed by atoms with van der Waals surface area (Å²) in [5, 5.41) is 15.4. The summed E-state index contributed by atoms with van der Waals surface area (Å²) in [6.07, 6.45) is 13.4. The Kier molecular flexibility index (Phi) is 10.2. The lowest BCUT2D eigenvalue weighted by atomic mass is 10.1. The molecule has 0 saturated carbocycles. The molecule has 7 nitrogen and oxygen atoms in total. The van der Waals surface area contributed by atoms with Crippen molar-refractivity contribution >= 4 is 23.2 Å². The molecule has 0 bridgehead atoms. The van der Waals surface area contributed by atoms with E-state index in [4.69, 9.17) is 17.0 Å². The number of halogens is 1. The Morgan fingerprint density at radius 1 is 0.970 bits per heavy atom. The van der Waals surface area contributed by atoms with Crippen molar-refractivity contribution in [2.45, 2.75) is 64.3 Å². The molecule has 2 heterocycles. The third-order valence-electron chi connectivity index (χ3n) is 5.58. The van der Waals surface area contributed by atoms with Crippen LogP contribution < -0.4 is 21.7 Å². The normalized spacial score (nSPS) is 13.1. The van der Waals surface area contributed by atoms with Gasteiger partial charge >= 0.3 is 0 Å². The molecule has 0 aliphatic carbocycles. The van der Waals surface area contributed by atoms with Gasteiger partial charge in [-0.15, -0.1) is 0 Å². The lowest BCUT2D eigenvalue weighted by molar-refractivity contribution is -0.657. The number of nitrogens with two attached hydrogens (primary N) is 1. The van der Waals surface area contributed by atoms with Crippen molar-refractivity contribution < 1.29 is 10.2 Å². The van der Waals surface area contributed by atoms with Crippen LogP contribution in [0.4, 0.5) is 0 Å². The average molecular weight is 470 g/mol. The first-order valence-corrected chi connectivity index (χ1v) is 12.1. The Bertz CT molecular complexity index is 1020. The number of benzene rings is 1. The van der Waals surface area contributed by atoms with Crippen molar-refractivity contribution in [1.29, 1.82) is 5.41 Å². The summed E-state index contributed by atoms with van der Waals surface area (Å²) in [7, 11) is 0. The van der Waals surface area contributed by atoms with Crippen LogP contribution in [0.25, 0.3) is 5.70 Å². The topological polar surface area (TPSA) is 99.4 Å². The molecule has 0 fully saturated rings. The summed E-state index contributed by atoms with van der Waals surface area (Å²) >= 11 is 5.88. The molecule has 33 heavy (non-hydrogen) atoms. The van der Waals surface area contributed by atoms with Gasteiger partial charge in [-0.1, -0.05) is 80.5 Å². The summed E-state index contributed by atoms with van der Waals surface area (Å²) in [5.74, 6) is 0.861. The fourth-order valence-corrected chi connectivity index (χ4v) is 3.89. The standard InChI is InChI=1S/C25H33ClN6O/c26-22-16-17-23(27)32(31-22)19-11-6-4-2-1-3-5-10-14-25(33)28-24-18-15-21(29-30-24)20-12-8-7-9-13-20/h7-9,12-13,15-18,27,29-30H,1-6,10-11,14,19H2,(H,28,33)/p+1. The molecule has 2 aromatic rings. The molecule has 0 atom stereocenters. The van der Waals surface area contributed by atoms with Crippen LogP contribution in [0.1, 0.15) is 63.4 Å². The van der Waals surface area contributed by atoms with E-state index in [1.165, 1.54) is 19.3 Å². The second-order valence-electron chi connectivity index (χ2n) is 8.25. The first-order valence-electron chi connectivity index (χ1n) is 11.8. The zero-order valence-electron chi connectivity index (χ0n) is 19.0. The van der Waals surface area contributed by atoms with E-state index in [9.17, 15) is 4.79 Å². The number of carbonyl (C=O) groups excluding carboxylic acids is 1. The van der Waals surface area contributed by atoms with Crippen molar-refractivity contribution in [2.24, 2.45) is 0 Å². The van der Waals surface area contributed by atoms with Crippen molar-refractivity contribution in [3.05, 3.63) is 76.6 Å². The predicted molar refractivity (Wildman–Crippen MR) is 130 cm³/mol. The molecule has 8 heteroatoms. The third-order valence-corrected chi connectivity index (χ3v) is 5.78. The Morgan fingerprint density at radius 3 is 2.36 bits per heavy atom. The Morgan fingerprint density at radius 2 is 1.67 bits per heavy atom. The number of rotatable bonds is 13. The minimum atomic E-state index is 0.0664. The third kappa shape index (κ3) is 8.86. The molecule has 0 radical (unpaired) electrons. The highest BCUT2D eigenvalue weighted by Crippen LogP contribution is 2.12. The highest BCUT2D eigenvalue weighted by atomic mass is 35.5. The molecular formula is C25H34ClN6O+. The van der Waals surface area contributed by atoms with E-state index in [0.717, 1.165) is 55.7 Å². The second-order valence-corrected chi connectivity index (χ2v) is 8.64. The van der Waals surface area contributed by atoms with Gasteiger partial charge in [-0.05, 0) is 31.1 Å². The van der Waals surface area contributed by atoms with Crippen LogP contribution in [-0.2, 0) is 11.3 Å². The fraction of sp³-hybridized carbons (Fsp3) is 0.400. The van der Waals surface area contributed by atoms with Crippen molar-refractivity contribution in [2.75, 3.05) is 0 Å². The fourth-order valence-electron chi connectivity index (χ4n) is 3.74. The molecule has 0 saturated heterocycles. The van der Waals surface area contributed by atoms with Crippen LogP contribution in [0, 0.1) is 5.41 Å². The van der Waals surface area contributed by atoms with Gasteiger partial charge in [-0.2, -0.15) is 10.5 Å². The number of aryl methyl sites for hydroxylation is 1. The molecule has 1 amide bonds. The Balaban J connectivity index is 1.19. The van der Waals surface area contributed by atoms with E-state index >= 15 is 0 Å². The lowest BCUT2D eigenvalue weighted by Gasteiger charge is -2.15. The quantitative estimate of drug-likeness (QED) is 0.266. The second kappa shape index (κ2) is 13.6. The van der Waals surface area contributed by atoms with Gasteiger partial charge in [0.1, 0.15) is 10.6 Å². The largest absolute Gasteiger partial charge is 0.283 e. The van der Waals surface area contributed by atoms with E-state index in [2.05, 4.69) is 28.0 Å². The number of nitrogens with one attached hydrogen (secondary N) is 3. The molecule has 1 aromatic carbocycles. The monoisotopic (exact) mass is 469 g/mol. The molecule has 1 aliphatic rings. The minimum Gasteiger partial charge on any atom is -0.283 e. The Hall–Kier alpha value is -2.90. The summed E-state index contributed by atoms with van der Waals surface area (Å²) in [5.41, 5.74) is 7.62. The number of quaternary nitrogens is 1. The molecule has 1 aromatic heterocycles. The van der Waals surface area contributed by atoms with E-state index in [-0.39, 0.29) is 5.91 Å². The number of hydrogen-bond acceptors (Lipinski definition) is 4. The zero-order valence-corrected chi connectivity index (χ0v) is 19.8. The van der Waals surface area contributed by atoms with Crippen molar-refractivity contribution in [3.8, 4) is 0 Å².